The minimum Gasteiger partial charge on any atom is -0.438 e. The van der Waals surface area contributed by atoms with Gasteiger partial charge in [-0.05, 0) is 25.6 Å². The molecule has 8 heteroatoms. The van der Waals surface area contributed by atoms with Gasteiger partial charge in [-0.25, -0.2) is 13.1 Å². The topological polar surface area (TPSA) is 109 Å². The molecular formula is C10H16N2O5S. The molecule has 0 aliphatic rings. The van der Waals surface area contributed by atoms with E-state index >= 15 is 0 Å². The van der Waals surface area contributed by atoms with E-state index in [9.17, 15) is 13.2 Å². The molecule has 1 heterocycles. The molecule has 1 aromatic heterocycles. The zero-order chi connectivity index (χ0) is 13.8. The van der Waals surface area contributed by atoms with Gasteiger partial charge < -0.3 is 14.8 Å². The number of amides is 1. The lowest BCUT2D eigenvalue weighted by atomic mass is 10.2. The maximum Gasteiger partial charge on any atom is 0.287 e. The van der Waals surface area contributed by atoms with Crippen molar-refractivity contribution in [2.75, 3.05) is 13.7 Å². The molecule has 0 bridgehead atoms. The lowest BCUT2D eigenvalue weighted by Crippen LogP contribution is -2.36. The van der Waals surface area contributed by atoms with E-state index < -0.39 is 15.9 Å². The third-order valence-corrected chi connectivity index (χ3v) is 3.67. The Bertz CT molecular complexity index is 504. The molecule has 0 aromatic carbocycles. The molecule has 0 saturated heterocycles. The molecule has 3 N–H and O–H groups in total. The Labute approximate surface area is 105 Å². The van der Waals surface area contributed by atoms with E-state index in [1.165, 1.54) is 19.2 Å². The van der Waals surface area contributed by atoms with Gasteiger partial charge in [-0.3, -0.25) is 4.79 Å². The number of carbonyl (C=O) groups excluding carboxylic acids is 1. The van der Waals surface area contributed by atoms with Crippen molar-refractivity contribution in [3.63, 3.8) is 0 Å². The molecular weight excluding hydrogens is 260 g/mol. The number of hydrogen-bond acceptors (Lipinski definition) is 5. The van der Waals surface area contributed by atoms with E-state index in [0.717, 1.165) is 0 Å². The zero-order valence-corrected chi connectivity index (χ0v) is 11.0. The summed E-state index contributed by atoms with van der Waals surface area (Å²) >= 11 is 0. The highest BCUT2D eigenvalue weighted by Gasteiger charge is 2.20. The first-order valence-electron chi connectivity index (χ1n) is 5.39. The van der Waals surface area contributed by atoms with Crippen LogP contribution in [-0.4, -0.2) is 39.1 Å². The molecule has 1 rings (SSSR count). The van der Waals surface area contributed by atoms with Gasteiger partial charge in [0.1, 0.15) is 0 Å². The zero-order valence-electron chi connectivity index (χ0n) is 10.1. The van der Waals surface area contributed by atoms with Crippen LogP contribution in [-0.2, 0) is 10.0 Å². The second-order valence-electron chi connectivity index (χ2n) is 3.59. The SMILES string of the molecule is CCC(CO)NC(=O)c1ccc(S(=O)(=O)NC)o1. The number of aliphatic hydroxyl groups excluding tert-OH is 1. The molecule has 1 atom stereocenters. The Morgan fingerprint density at radius 1 is 1.50 bits per heavy atom. The van der Waals surface area contributed by atoms with Crippen LogP contribution >= 0.6 is 0 Å². The van der Waals surface area contributed by atoms with Gasteiger partial charge in [-0.15, -0.1) is 0 Å². The Kier molecular flexibility index (Phi) is 4.88. The maximum absolute atomic E-state index is 11.7. The number of hydrogen-bond donors (Lipinski definition) is 3. The average Bonchev–Trinajstić information content (AvgIpc) is 2.86. The van der Waals surface area contributed by atoms with Gasteiger partial charge in [0.15, 0.2) is 5.76 Å². The van der Waals surface area contributed by atoms with Crippen LogP contribution in [0.2, 0.25) is 0 Å². The van der Waals surface area contributed by atoms with E-state index in [-0.39, 0.29) is 23.5 Å². The van der Waals surface area contributed by atoms with Crippen LogP contribution in [0.1, 0.15) is 23.9 Å². The molecule has 102 valence electrons. The maximum atomic E-state index is 11.7. The molecule has 0 saturated carbocycles. The largest absolute Gasteiger partial charge is 0.438 e. The van der Waals surface area contributed by atoms with Gasteiger partial charge in [-0.1, -0.05) is 6.92 Å². The molecule has 0 aliphatic heterocycles. The fraction of sp³-hybridized carbons (Fsp3) is 0.500. The molecule has 0 spiro atoms. The number of carbonyl (C=O) groups is 1. The highest BCUT2D eigenvalue weighted by atomic mass is 32.2. The monoisotopic (exact) mass is 276 g/mol. The quantitative estimate of drug-likeness (QED) is 0.660. The summed E-state index contributed by atoms with van der Waals surface area (Å²) in [5.74, 6) is -0.677. The van der Waals surface area contributed by atoms with Crippen molar-refractivity contribution in [3.8, 4) is 0 Å². The first-order chi connectivity index (χ1) is 8.44. The summed E-state index contributed by atoms with van der Waals surface area (Å²) in [5.41, 5.74) is 0. The highest BCUT2D eigenvalue weighted by molar-refractivity contribution is 7.89. The van der Waals surface area contributed by atoms with Crippen molar-refractivity contribution in [1.29, 1.82) is 0 Å². The molecule has 7 nitrogen and oxygen atoms in total. The number of rotatable bonds is 6. The van der Waals surface area contributed by atoms with Crippen LogP contribution in [0.15, 0.2) is 21.6 Å². The number of aliphatic hydroxyl groups is 1. The van der Waals surface area contributed by atoms with Gasteiger partial charge in [0.25, 0.3) is 15.9 Å². The summed E-state index contributed by atoms with van der Waals surface area (Å²) in [5, 5.41) is 11.1. The summed E-state index contributed by atoms with van der Waals surface area (Å²) in [6.07, 6.45) is 0.560. The van der Waals surface area contributed by atoms with Gasteiger partial charge >= 0.3 is 0 Å². The molecule has 0 fully saturated rings. The molecule has 18 heavy (non-hydrogen) atoms. The minimum absolute atomic E-state index is 0.115. The van der Waals surface area contributed by atoms with Crippen LogP contribution in [0.4, 0.5) is 0 Å². The van der Waals surface area contributed by atoms with Gasteiger partial charge in [-0.2, -0.15) is 0 Å². The predicted octanol–water partition coefficient (Wildman–Crippen LogP) is -0.312. The van der Waals surface area contributed by atoms with E-state index in [1.807, 2.05) is 0 Å². The van der Waals surface area contributed by atoms with Gasteiger partial charge in [0.05, 0.1) is 12.6 Å². The fourth-order valence-corrected chi connectivity index (χ4v) is 1.87. The van der Waals surface area contributed by atoms with Crippen molar-refractivity contribution in [3.05, 3.63) is 17.9 Å². The molecule has 1 amide bonds. The van der Waals surface area contributed by atoms with Crippen molar-refractivity contribution in [2.45, 2.75) is 24.5 Å². The van der Waals surface area contributed by atoms with Crippen LogP contribution < -0.4 is 10.0 Å². The summed E-state index contributed by atoms with van der Waals surface area (Å²) < 4.78 is 29.8. The first kappa shape index (κ1) is 14.7. The van der Waals surface area contributed by atoms with Crippen molar-refractivity contribution >= 4 is 15.9 Å². The van der Waals surface area contributed by atoms with E-state index in [1.54, 1.807) is 6.92 Å². The van der Waals surface area contributed by atoms with Crippen LogP contribution in [0, 0.1) is 0 Å². The van der Waals surface area contributed by atoms with Crippen molar-refractivity contribution < 1.29 is 22.7 Å². The third-order valence-electron chi connectivity index (χ3n) is 2.39. The lowest BCUT2D eigenvalue weighted by Gasteiger charge is -2.12. The summed E-state index contributed by atoms with van der Waals surface area (Å²) in [4.78, 5) is 11.7. The van der Waals surface area contributed by atoms with Crippen molar-refractivity contribution in [1.82, 2.24) is 10.0 Å². The summed E-state index contributed by atoms with van der Waals surface area (Å²) in [6.45, 7) is 1.62. The van der Waals surface area contributed by atoms with E-state index in [4.69, 9.17) is 9.52 Å². The van der Waals surface area contributed by atoms with Gasteiger partial charge in [0, 0.05) is 0 Å². The van der Waals surface area contributed by atoms with Crippen molar-refractivity contribution in [2.24, 2.45) is 0 Å². The Morgan fingerprint density at radius 3 is 2.67 bits per heavy atom. The Hall–Kier alpha value is -1.38. The van der Waals surface area contributed by atoms with Gasteiger partial charge in [0.2, 0.25) is 5.09 Å². The second-order valence-corrected chi connectivity index (χ2v) is 5.40. The lowest BCUT2D eigenvalue weighted by molar-refractivity contribution is 0.0881. The Balaban J connectivity index is 2.83. The minimum atomic E-state index is -3.70. The number of furan rings is 1. The van der Waals surface area contributed by atoms with Crippen LogP contribution in [0.5, 0.6) is 0 Å². The van der Waals surface area contributed by atoms with Crippen LogP contribution in [0.25, 0.3) is 0 Å². The smallest absolute Gasteiger partial charge is 0.287 e. The molecule has 0 radical (unpaired) electrons. The second kappa shape index (κ2) is 5.98. The van der Waals surface area contributed by atoms with Crippen LogP contribution in [0.3, 0.4) is 0 Å². The number of nitrogens with one attached hydrogen (secondary N) is 2. The van der Waals surface area contributed by atoms with E-state index in [0.29, 0.717) is 6.42 Å². The summed E-state index contributed by atoms with van der Waals surface area (Å²) in [7, 11) is -2.45. The molecule has 1 unspecified atom stereocenters. The molecule has 0 aliphatic carbocycles. The normalized spacial score (nSPS) is 13.3. The van der Waals surface area contributed by atoms with E-state index in [2.05, 4.69) is 10.0 Å². The first-order valence-corrected chi connectivity index (χ1v) is 6.88. The average molecular weight is 276 g/mol. The molecule has 1 aromatic rings. The number of sulfonamides is 1. The highest BCUT2D eigenvalue weighted by Crippen LogP contribution is 2.13. The summed E-state index contributed by atoms with van der Waals surface area (Å²) in [6, 6.07) is 2.08. The standard InChI is InChI=1S/C10H16N2O5S/c1-3-7(6-13)12-10(14)8-4-5-9(17-8)18(15,16)11-2/h4-5,7,11,13H,3,6H2,1-2H3,(H,12,14). The Morgan fingerprint density at radius 2 is 2.17 bits per heavy atom. The predicted molar refractivity (Wildman–Crippen MR) is 63.6 cm³/mol. The fourth-order valence-electron chi connectivity index (χ4n) is 1.22. The third kappa shape index (κ3) is 3.31.